The predicted molar refractivity (Wildman–Crippen MR) is 82.2 cm³/mol. The lowest BCUT2D eigenvalue weighted by Crippen LogP contribution is -2.24. The number of benzene rings is 1. The Labute approximate surface area is 116 Å². The molecule has 0 aliphatic rings. The number of sulfonamides is 1. The van der Waals surface area contributed by atoms with Crippen molar-refractivity contribution in [2.45, 2.75) is 40.2 Å². The van der Waals surface area contributed by atoms with Crippen molar-refractivity contribution >= 4 is 21.4 Å². The molecule has 0 aromatic heterocycles. The maximum atomic E-state index is 11.2. The fourth-order valence-electron chi connectivity index (χ4n) is 2.02. The van der Waals surface area contributed by atoms with Crippen LogP contribution in [-0.4, -0.2) is 20.7 Å². The maximum Gasteiger partial charge on any atom is 0.229 e. The molecule has 19 heavy (non-hydrogen) atoms. The highest BCUT2D eigenvalue weighted by molar-refractivity contribution is 7.92. The summed E-state index contributed by atoms with van der Waals surface area (Å²) in [5.74, 6) is 0.555. The van der Waals surface area contributed by atoms with Crippen LogP contribution in [0.25, 0.3) is 0 Å². The molecule has 0 fully saturated rings. The molecule has 0 saturated heterocycles. The molecular weight excluding hydrogens is 260 g/mol. The molecule has 2 N–H and O–H groups in total. The van der Waals surface area contributed by atoms with Crippen LogP contribution in [0, 0.1) is 12.8 Å². The van der Waals surface area contributed by atoms with Gasteiger partial charge in [0.2, 0.25) is 10.0 Å². The van der Waals surface area contributed by atoms with Gasteiger partial charge in [-0.2, -0.15) is 0 Å². The molecule has 1 rings (SSSR count). The Morgan fingerprint density at radius 3 is 2.32 bits per heavy atom. The molecule has 4 nitrogen and oxygen atoms in total. The molecule has 1 atom stereocenters. The summed E-state index contributed by atoms with van der Waals surface area (Å²) in [7, 11) is -3.22. The summed E-state index contributed by atoms with van der Waals surface area (Å²) in [5.41, 5.74) is 2.57. The Morgan fingerprint density at radius 2 is 1.89 bits per heavy atom. The van der Waals surface area contributed by atoms with E-state index in [2.05, 4.69) is 30.8 Å². The van der Waals surface area contributed by atoms with E-state index < -0.39 is 10.0 Å². The molecular formula is C14H24N2O2S. The standard InChI is InChI=1S/C14H24N2O2S/c1-6-13(10(2)3)15-12-7-8-14(11(4)9-12)16-19(5,17)18/h7-10,13,15-16H,6H2,1-5H3. The van der Waals surface area contributed by atoms with Crippen LogP contribution < -0.4 is 10.0 Å². The SMILES string of the molecule is CCC(Nc1ccc(NS(C)(=O)=O)c(C)c1)C(C)C. The molecule has 5 heteroatoms. The van der Waals surface area contributed by atoms with Crippen molar-refractivity contribution in [3.05, 3.63) is 23.8 Å². The average Bonchev–Trinajstić information content (AvgIpc) is 2.27. The van der Waals surface area contributed by atoms with Gasteiger partial charge in [-0.1, -0.05) is 20.8 Å². The van der Waals surface area contributed by atoms with E-state index in [9.17, 15) is 8.42 Å². The second kappa shape index (κ2) is 6.28. The smallest absolute Gasteiger partial charge is 0.229 e. The van der Waals surface area contributed by atoms with Gasteiger partial charge in [0, 0.05) is 11.7 Å². The van der Waals surface area contributed by atoms with E-state index in [1.807, 2.05) is 19.1 Å². The normalized spacial score (nSPS) is 13.4. The molecule has 0 spiro atoms. The minimum absolute atomic E-state index is 0.424. The molecule has 108 valence electrons. The Kier molecular flexibility index (Phi) is 5.23. The molecule has 1 unspecified atom stereocenters. The van der Waals surface area contributed by atoms with Gasteiger partial charge in [0.1, 0.15) is 0 Å². The third kappa shape index (κ3) is 5.11. The van der Waals surface area contributed by atoms with E-state index >= 15 is 0 Å². The molecule has 1 aromatic carbocycles. The summed E-state index contributed by atoms with van der Waals surface area (Å²) in [6.45, 7) is 8.43. The van der Waals surface area contributed by atoms with Gasteiger partial charge in [-0.15, -0.1) is 0 Å². The van der Waals surface area contributed by atoms with Crippen LogP contribution in [0.15, 0.2) is 18.2 Å². The van der Waals surface area contributed by atoms with Gasteiger partial charge in [-0.25, -0.2) is 8.42 Å². The second-order valence-corrected chi connectivity index (χ2v) is 7.06. The Morgan fingerprint density at radius 1 is 1.26 bits per heavy atom. The molecule has 0 saturated carbocycles. The van der Waals surface area contributed by atoms with Gasteiger partial charge in [-0.05, 0) is 43.0 Å². The minimum atomic E-state index is -3.22. The Bertz CT molecular complexity index is 524. The lowest BCUT2D eigenvalue weighted by molar-refractivity contribution is 0.511. The van der Waals surface area contributed by atoms with Gasteiger partial charge in [0.25, 0.3) is 0 Å². The van der Waals surface area contributed by atoms with Crippen molar-refractivity contribution in [1.29, 1.82) is 0 Å². The molecule has 0 amide bonds. The fourth-order valence-corrected chi connectivity index (χ4v) is 2.65. The first-order valence-electron chi connectivity index (χ1n) is 6.58. The molecule has 0 radical (unpaired) electrons. The monoisotopic (exact) mass is 284 g/mol. The number of anilines is 2. The third-order valence-corrected chi connectivity index (χ3v) is 3.71. The summed E-state index contributed by atoms with van der Waals surface area (Å²) >= 11 is 0. The van der Waals surface area contributed by atoms with Crippen LogP contribution in [0.2, 0.25) is 0 Å². The van der Waals surface area contributed by atoms with Gasteiger partial charge >= 0.3 is 0 Å². The highest BCUT2D eigenvalue weighted by Crippen LogP contribution is 2.22. The summed E-state index contributed by atoms with van der Waals surface area (Å²) in [5, 5.41) is 3.48. The van der Waals surface area contributed by atoms with Crippen molar-refractivity contribution in [2.75, 3.05) is 16.3 Å². The van der Waals surface area contributed by atoms with Crippen LogP contribution in [0.3, 0.4) is 0 Å². The number of nitrogens with one attached hydrogen (secondary N) is 2. The third-order valence-electron chi connectivity index (χ3n) is 3.12. The maximum absolute atomic E-state index is 11.2. The first kappa shape index (κ1) is 15.8. The van der Waals surface area contributed by atoms with E-state index in [-0.39, 0.29) is 0 Å². The first-order chi connectivity index (χ1) is 8.73. The zero-order valence-corrected chi connectivity index (χ0v) is 13.1. The van der Waals surface area contributed by atoms with Crippen LogP contribution in [0.1, 0.15) is 32.8 Å². The highest BCUT2D eigenvalue weighted by atomic mass is 32.2. The zero-order chi connectivity index (χ0) is 14.6. The summed E-state index contributed by atoms with van der Waals surface area (Å²) in [6.07, 6.45) is 2.21. The van der Waals surface area contributed by atoms with E-state index in [0.29, 0.717) is 17.6 Å². The molecule has 1 aromatic rings. The van der Waals surface area contributed by atoms with Gasteiger partial charge in [-0.3, -0.25) is 4.72 Å². The molecule has 0 heterocycles. The van der Waals surface area contributed by atoms with Crippen molar-refractivity contribution in [3.63, 3.8) is 0 Å². The summed E-state index contributed by atoms with van der Waals surface area (Å²) in [4.78, 5) is 0. The number of hydrogen-bond donors (Lipinski definition) is 2. The van der Waals surface area contributed by atoms with Crippen LogP contribution in [0.5, 0.6) is 0 Å². The lowest BCUT2D eigenvalue weighted by Gasteiger charge is -2.22. The zero-order valence-electron chi connectivity index (χ0n) is 12.3. The Balaban J connectivity index is 2.88. The fraction of sp³-hybridized carbons (Fsp3) is 0.571. The van der Waals surface area contributed by atoms with Crippen LogP contribution >= 0.6 is 0 Å². The van der Waals surface area contributed by atoms with Gasteiger partial charge in [0.05, 0.1) is 11.9 Å². The molecule has 0 bridgehead atoms. The van der Waals surface area contributed by atoms with E-state index in [0.717, 1.165) is 23.9 Å². The number of aryl methyl sites for hydroxylation is 1. The van der Waals surface area contributed by atoms with Crippen molar-refractivity contribution in [1.82, 2.24) is 0 Å². The summed E-state index contributed by atoms with van der Waals surface area (Å²) in [6, 6.07) is 6.10. The van der Waals surface area contributed by atoms with Crippen LogP contribution in [-0.2, 0) is 10.0 Å². The topological polar surface area (TPSA) is 58.2 Å². The lowest BCUT2D eigenvalue weighted by atomic mass is 10.0. The van der Waals surface area contributed by atoms with E-state index in [4.69, 9.17) is 0 Å². The Hall–Kier alpha value is -1.23. The van der Waals surface area contributed by atoms with Crippen molar-refractivity contribution in [2.24, 2.45) is 5.92 Å². The van der Waals surface area contributed by atoms with Crippen molar-refractivity contribution < 1.29 is 8.42 Å². The summed E-state index contributed by atoms with van der Waals surface area (Å²) < 4.78 is 25.0. The van der Waals surface area contributed by atoms with Gasteiger partial charge < -0.3 is 5.32 Å². The molecule has 0 aliphatic heterocycles. The number of hydrogen-bond acceptors (Lipinski definition) is 3. The predicted octanol–water partition coefficient (Wildman–Crippen LogP) is 3.21. The quantitative estimate of drug-likeness (QED) is 0.843. The second-order valence-electron chi connectivity index (χ2n) is 5.31. The highest BCUT2D eigenvalue weighted by Gasteiger charge is 2.11. The first-order valence-corrected chi connectivity index (χ1v) is 8.47. The molecule has 0 aliphatic carbocycles. The average molecular weight is 284 g/mol. The van der Waals surface area contributed by atoms with E-state index in [1.165, 1.54) is 0 Å². The number of rotatable bonds is 6. The largest absolute Gasteiger partial charge is 0.382 e. The van der Waals surface area contributed by atoms with Gasteiger partial charge in [0.15, 0.2) is 0 Å². The van der Waals surface area contributed by atoms with Crippen molar-refractivity contribution in [3.8, 4) is 0 Å². The van der Waals surface area contributed by atoms with Crippen LogP contribution in [0.4, 0.5) is 11.4 Å². The minimum Gasteiger partial charge on any atom is -0.382 e. The van der Waals surface area contributed by atoms with E-state index in [1.54, 1.807) is 6.07 Å².